The Labute approximate surface area is 207 Å². The molecule has 1 atom stereocenters. The molecular formula is C26H28F3N5O2. The first-order valence-corrected chi connectivity index (χ1v) is 12.0. The molecule has 2 aliphatic heterocycles. The third kappa shape index (κ3) is 6.34. The Hall–Kier alpha value is -3.58. The number of halogens is 3. The van der Waals surface area contributed by atoms with Gasteiger partial charge in [-0.1, -0.05) is 6.07 Å². The number of amides is 2. The Morgan fingerprint density at radius 1 is 1.03 bits per heavy atom. The summed E-state index contributed by atoms with van der Waals surface area (Å²) >= 11 is 0. The average molecular weight is 500 g/mol. The van der Waals surface area contributed by atoms with Gasteiger partial charge < -0.3 is 15.5 Å². The maximum atomic E-state index is 12.8. The van der Waals surface area contributed by atoms with Crippen LogP contribution in [-0.2, 0) is 11.0 Å². The Balaban J connectivity index is 1.19. The molecule has 0 radical (unpaired) electrons. The van der Waals surface area contributed by atoms with Crippen LogP contribution in [-0.4, -0.2) is 61.5 Å². The van der Waals surface area contributed by atoms with Crippen LogP contribution in [0.2, 0.25) is 0 Å². The van der Waals surface area contributed by atoms with Crippen LogP contribution in [0.4, 0.5) is 18.9 Å². The van der Waals surface area contributed by atoms with Crippen molar-refractivity contribution < 1.29 is 22.8 Å². The fourth-order valence-corrected chi connectivity index (χ4v) is 4.85. The Kier molecular flexibility index (Phi) is 7.79. The summed E-state index contributed by atoms with van der Waals surface area (Å²) in [4.78, 5) is 29.2. The van der Waals surface area contributed by atoms with E-state index in [1.807, 2.05) is 24.3 Å². The third-order valence-corrected chi connectivity index (χ3v) is 6.79. The van der Waals surface area contributed by atoms with Gasteiger partial charge in [0.05, 0.1) is 23.7 Å². The molecule has 2 aromatic carbocycles. The zero-order valence-electron chi connectivity index (χ0n) is 19.7. The number of hydrogen-bond acceptors (Lipinski definition) is 5. The van der Waals surface area contributed by atoms with Crippen molar-refractivity contribution in [3.05, 3.63) is 65.2 Å². The minimum Gasteiger partial charge on any atom is -0.371 e. The molecule has 10 heteroatoms. The minimum atomic E-state index is -4.54. The first-order valence-electron chi connectivity index (χ1n) is 12.0. The van der Waals surface area contributed by atoms with Gasteiger partial charge in [0, 0.05) is 49.5 Å². The molecule has 36 heavy (non-hydrogen) atoms. The number of hydrogen-bond donors (Lipinski definition) is 2. The van der Waals surface area contributed by atoms with Crippen LogP contribution >= 0.6 is 0 Å². The molecule has 4 rings (SSSR count). The van der Waals surface area contributed by atoms with Crippen molar-refractivity contribution in [2.45, 2.75) is 37.5 Å². The first-order chi connectivity index (χ1) is 17.2. The Bertz CT molecular complexity index is 1120. The van der Waals surface area contributed by atoms with Gasteiger partial charge in [-0.2, -0.15) is 18.4 Å². The van der Waals surface area contributed by atoms with E-state index in [-0.39, 0.29) is 24.1 Å². The molecule has 0 aliphatic carbocycles. The smallest absolute Gasteiger partial charge is 0.371 e. The van der Waals surface area contributed by atoms with Crippen LogP contribution in [0.3, 0.4) is 0 Å². The minimum absolute atomic E-state index is 0.0282. The summed E-state index contributed by atoms with van der Waals surface area (Å²) in [6.45, 7) is 3.16. The fourth-order valence-electron chi connectivity index (χ4n) is 4.85. The molecule has 0 unspecified atom stereocenters. The van der Waals surface area contributed by atoms with Gasteiger partial charge in [0.25, 0.3) is 5.91 Å². The van der Waals surface area contributed by atoms with Crippen LogP contribution in [0, 0.1) is 11.3 Å². The molecule has 0 aromatic heterocycles. The Morgan fingerprint density at radius 2 is 1.75 bits per heavy atom. The second-order valence-corrected chi connectivity index (χ2v) is 9.19. The highest BCUT2D eigenvalue weighted by Gasteiger charge is 2.32. The predicted molar refractivity (Wildman–Crippen MR) is 128 cm³/mol. The Morgan fingerprint density at radius 3 is 2.42 bits per heavy atom. The quantitative estimate of drug-likeness (QED) is 0.638. The first kappa shape index (κ1) is 25.5. The van der Waals surface area contributed by atoms with E-state index in [0.717, 1.165) is 63.3 Å². The molecule has 190 valence electrons. The topological polar surface area (TPSA) is 88.5 Å². The summed E-state index contributed by atoms with van der Waals surface area (Å²) in [7, 11) is 0. The number of nitrogens with one attached hydrogen (secondary N) is 2. The van der Waals surface area contributed by atoms with Crippen LogP contribution in [0.15, 0.2) is 48.5 Å². The summed E-state index contributed by atoms with van der Waals surface area (Å²) < 4.78 is 38.5. The van der Waals surface area contributed by atoms with Crippen molar-refractivity contribution in [3.8, 4) is 6.07 Å². The van der Waals surface area contributed by atoms with Crippen LogP contribution in [0.25, 0.3) is 0 Å². The van der Waals surface area contributed by atoms with E-state index in [1.54, 1.807) is 0 Å². The lowest BCUT2D eigenvalue weighted by Gasteiger charge is -2.38. The lowest BCUT2D eigenvalue weighted by molar-refractivity contribution is -0.137. The van der Waals surface area contributed by atoms with Crippen LogP contribution in [0.1, 0.15) is 40.7 Å². The second kappa shape index (κ2) is 11.0. The van der Waals surface area contributed by atoms with Crippen molar-refractivity contribution >= 4 is 17.5 Å². The van der Waals surface area contributed by atoms with E-state index in [4.69, 9.17) is 5.26 Å². The molecule has 2 saturated heterocycles. The number of piperidine rings is 1. The highest BCUT2D eigenvalue weighted by molar-refractivity contribution is 5.96. The molecule has 7 nitrogen and oxygen atoms in total. The summed E-state index contributed by atoms with van der Waals surface area (Å²) in [5.74, 6) is -1.09. The second-order valence-electron chi connectivity index (χ2n) is 9.19. The zero-order chi connectivity index (χ0) is 25.7. The highest BCUT2D eigenvalue weighted by Crippen LogP contribution is 2.29. The number of rotatable bonds is 6. The van der Waals surface area contributed by atoms with E-state index >= 15 is 0 Å². The van der Waals surface area contributed by atoms with Crippen molar-refractivity contribution in [3.63, 3.8) is 0 Å². The van der Waals surface area contributed by atoms with Gasteiger partial charge in [0.1, 0.15) is 0 Å². The van der Waals surface area contributed by atoms with Gasteiger partial charge in [-0.15, -0.1) is 0 Å². The van der Waals surface area contributed by atoms with E-state index in [9.17, 15) is 22.8 Å². The molecule has 2 heterocycles. The fraction of sp³-hybridized carbons (Fsp3) is 0.423. The van der Waals surface area contributed by atoms with Gasteiger partial charge >= 0.3 is 6.18 Å². The summed E-state index contributed by atoms with van der Waals surface area (Å²) in [5.41, 5.74) is 0.714. The van der Waals surface area contributed by atoms with Gasteiger partial charge in [-0.25, -0.2) is 0 Å². The van der Waals surface area contributed by atoms with Crippen molar-refractivity contribution in [1.82, 2.24) is 15.5 Å². The summed E-state index contributed by atoms with van der Waals surface area (Å²) in [6, 6.07) is 14.3. The lowest BCUT2D eigenvalue weighted by Crippen LogP contribution is -2.46. The lowest BCUT2D eigenvalue weighted by atomic mass is 10.0. The highest BCUT2D eigenvalue weighted by atomic mass is 19.4. The van der Waals surface area contributed by atoms with Gasteiger partial charge in [-0.3, -0.25) is 14.5 Å². The molecule has 2 N–H and O–H groups in total. The molecule has 2 amide bonds. The van der Waals surface area contributed by atoms with E-state index in [0.29, 0.717) is 11.6 Å². The molecule has 2 fully saturated rings. The largest absolute Gasteiger partial charge is 0.416 e. The number of alkyl halides is 3. The number of nitriles is 1. The zero-order valence-corrected chi connectivity index (χ0v) is 19.7. The molecule has 0 saturated carbocycles. The van der Waals surface area contributed by atoms with Crippen molar-refractivity contribution in [1.29, 1.82) is 5.26 Å². The van der Waals surface area contributed by atoms with Crippen molar-refractivity contribution in [2.24, 2.45) is 0 Å². The maximum Gasteiger partial charge on any atom is 0.416 e. The van der Waals surface area contributed by atoms with Crippen LogP contribution < -0.4 is 15.5 Å². The van der Waals surface area contributed by atoms with E-state index < -0.39 is 17.6 Å². The molecule has 2 aromatic rings. The van der Waals surface area contributed by atoms with Gasteiger partial charge in [-0.05, 0) is 61.7 Å². The normalized spacial score (nSPS) is 19.1. The van der Waals surface area contributed by atoms with Gasteiger partial charge in [0.15, 0.2) is 0 Å². The molecular weight excluding hydrogens is 471 g/mol. The van der Waals surface area contributed by atoms with Crippen molar-refractivity contribution in [2.75, 3.05) is 37.6 Å². The molecule has 2 aliphatic rings. The molecule has 0 spiro atoms. The third-order valence-electron chi connectivity index (χ3n) is 6.79. The van der Waals surface area contributed by atoms with E-state index in [1.165, 1.54) is 12.1 Å². The molecule has 0 bridgehead atoms. The summed E-state index contributed by atoms with van der Waals surface area (Å²) in [5, 5.41) is 14.3. The number of anilines is 1. The predicted octanol–water partition coefficient (Wildman–Crippen LogP) is 3.17. The number of benzene rings is 2. The average Bonchev–Trinajstić information content (AvgIpc) is 3.35. The SMILES string of the molecule is N#Cc1ccc(N2CCC(N3CC[C@@H](NC(=O)CNC(=O)c4cccc(C(F)(F)F)c4)C3)CC2)cc1. The van der Waals surface area contributed by atoms with Crippen LogP contribution in [0.5, 0.6) is 0 Å². The number of carbonyl (C=O) groups excluding carboxylic acids is 2. The monoisotopic (exact) mass is 499 g/mol. The number of nitrogens with zero attached hydrogens (tertiary/aromatic N) is 3. The summed E-state index contributed by atoms with van der Waals surface area (Å²) in [6.07, 6.45) is -1.72. The standard InChI is InChI=1S/C26H28F3N5O2/c27-26(28,29)20-3-1-2-19(14-20)25(36)31-16-24(35)32-21-8-11-34(17-21)23-9-12-33(13-10-23)22-6-4-18(15-30)5-7-22/h1-7,14,21,23H,8-13,16-17H2,(H,31,36)(H,32,35)/t21-/m1/s1. The van der Waals surface area contributed by atoms with Gasteiger partial charge in [0.2, 0.25) is 5.91 Å². The van der Waals surface area contributed by atoms with E-state index in [2.05, 4.69) is 26.5 Å². The number of likely N-dealkylation sites (tertiary alicyclic amines) is 1. The number of carbonyl (C=O) groups is 2. The maximum absolute atomic E-state index is 12.8.